The highest BCUT2D eigenvalue weighted by atomic mass is 32.2. The van der Waals surface area contributed by atoms with Gasteiger partial charge in [-0.15, -0.1) is 0 Å². The maximum Gasteiger partial charge on any atom is 0.251 e. The largest absolute Gasteiger partial charge is 0.368 e. The van der Waals surface area contributed by atoms with E-state index in [1.807, 2.05) is 0 Å². The third-order valence-electron chi connectivity index (χ3n) is 1.61. The SMILES string of the molecule is Cc1cc(=O)[nH]c(SCC(N)C(N)=O)n1. The van der Waals surface area contributed by atoms with Crippen LogP contribution >= 0.6 is 11.8 Å². The zero-order valence-corrected chi connectivity index (χ0v) is 9.00. The van der Waals surface area contributed by atoms with Gasteiger partial charge in [0.15, 0.2) is 5.16 Å². The predicted octanol–water partition coefficient (Wildman–Crippen LogP) is -1.02. The van der Waals surface area contributed by atoms with Crippen LogP contribution in [0.1, 0.15) is 5.69 Å². The molecule has 0 aromatic carbocycles. The van der Waals surface area contributed by atoms with Gasteiger partial charge in [-0.1, -0.05) is 11.8 Å². The molecule has 1 amide bonds. The van der Waals surface area contributed by atoms with Gasteiger partial charge < -0.3 is 16.5 Å². The summed E-state index contributed by atoms with van der Waals surface area (Å²) in [5.41, 5.74) is 10.8. The Morgan fingerprint density at radius 1 is 1.73 bits per heavy atom. The molecule has 0 aliphatic heterocycles. The summed E-state index contributed by atoms with van der Waals surface area (Å²) in [6.45, 7) is 1.72. The predicted molar refractivity (Wildman–Crippen MR) is 57.5 cm³/mol. The van der Waals surface area contributed by atoms with Crippen LogP contribution in [0.25, 0.3) is 0 Å². The van der Waals surface area contributed by atoms with E-state index < -0.39 is 11.9 Å². The Bertz CT molecular complexity index is 417. The van der Waals surface area contributed by atoms with E-state index in [2.05, 4.69) is 9.97 Å². The van der Waals surface area contributed by atoms with Crippen molar-refractivity contribution in [1.29, 1.82) is 0 Å². The molecule has 7 heteroatoms. The maximum absolute atomic E-state index is 11.1. The Morgan fingerprint density at radius 2 is 2.40 bits per heavy atom. The standard InChI is InChI=1S/C8H12N4O2S/c1-4-2-6(13)12-8(11-4)15-3-5(9)7(10)14/h2,5H,3,9H2,1H3,(H2,10,14)(H,11,12,13). The number of nitrogens with one attached hydrogen (secondary N) is 1. The van der Waals surface area contributed by atoms with Crippen LogP contribution in [-0.4, -0.2) is 27.7 Å². The van der Waals surface area contributed by atoms with Crippen molar-refractivity contribution in [3.05, 3.63) is 22.1 Å². The smallest absolute Gasteiger partial charge is 0.251 e. The molecule has 1 aromatic rings. The molecule has 0 saturated carbocycles. The van der Waals surface area contributed by atoms with Crippen molar-refractivity contribution in [2.75, 3.05) is 5.75 Å². The number of primary amides is 1. The van der Waals surface area contributed by atoms with Gasteiger partial charge in [0.05, 0.1) is 6.04 Å². The lowest BCUT2D eigenvalue weighted by Gasteiger charge is -2.05. The summed E-state index contributed by atoms with van der Waals surface area (Å²) in [6.07, 6.45) is 0. The van der Waals surface area contributed by atoms with Crippen molar-refractivity contribution < 1.29 is 4.79 Å². The number of nitrogens with two attached hydrogens (primary N) is 2. The minimum absolute atomic E-state index is 0.224. The molecule has 82 valence electrons. The summed E-state index contributed by atoms with van der Waals surface area (Å²) in [7, 11) is 0. The lowest BCUT2D eigenvalue weighted by molar-refractivity contribution is -0.118. The van der Waals surface area contributed by atoms with E-state index in [9.17, 15) is 9.59 Å². The van der Waals surface area contributed by atoms with Gasteiger partial charge in [-0.3, -0.25) is 9.59 Å². The molecule has 0 aliphatic carbocycles. The van der Waals surface area contributed by atoms with Gasteiger partial charge in [-0.2, -0.15) is 0 Å². The second-order valence-electron chi connectivity index (χ2n) is 3.01. The van der Waals surface area contributed by atoms with Crippen molar-refractivity contribution in [2.24, 2.45) is 11.5 Å². The quantitative estimate of drug-likeness (QED) is 0.451. The molecule has 6 nitrogen and oxygen atoms in total. The molecule has 0 aliphatic rings. The first-order valence-electron chi connectivity index (χ1n) is 4.24. The molecule has 0 saturated heterocycles. The zero-order valence-electron chi connectivity index (χ0n) is 8.19. The lowest BCUT2D eigenvalue weighted by atomic mass is 10.3. The molecule has 0 spiro atoms. The van der Waals surface area contributed by atoms with Crippen molar-refractivity contribution in [2.45, 2.75) is 18.1 Å². The molecule has 1 unspecified atom stereocenters. The van der Waals surface area contributed by atoms with E-state index in [1.54, 1.807) is 6.92 Å². The van der Waals surface area contributed by atoms with Gasteiger partial charge in [0.25, 0.3) is 5.56 Å². The number of amides is 1. The maximum atomic E-state index is 11.1. The summed E-state index contributed by atoms with van der Waals surface area (Å²) in [5, 5.41) is 0.441. The van der Waals surface area contributed by atoms with Crippen molar-refractivity contribution >= 4 is 17.7 Å². The number of carbonyl (C=O) groups excluding carboxylic acids is 1. The minimum Gasteiger partial charge on any atom is -0.368 e. The number of aromatic nitrogens is 2. The first kappa shape index (κ1) is 11.7. The van der Waals surface area contributed by atoms with Crippen LogP contribution in [0, 0.1) is 6.92 Å². The molecule has 1 rings (SSSR count). The van der Waals surface area contributed by atoms with Crippen molar-refractivity contribution in [3.8, 4) is 0 Å². The number of hydrogen-bond donors (Lipinski definition) is 3. The minimum atomic E-state index is -0.735. The van der Waals surface area contributed by atoms with Crippen LogP contribution in [0.3, 0.4) is 0 Å². The number of nitrogens with zero attached hydrogens (tertiary/aromatic N) is 1. The lowest BCUT2D eigenvalue weighted by Crippen LogP contribution is -2.38. The Labute approximate surface area is 90.5 Å². The topological polar surface area (TPSA) is 115 Å². The molecule has 1 atom stereocenters. The molecule has 0 radical (unpaired) electrons. The first-order chi connectivity index (χ1) is 6.99. The third kappa shape index (κ3) is 3.72. The average molecular weight is 228 g/mol. The summed E-state index contributed by atoms with van der Waals surface area (Å²) in [6, 6.07) is 0.652. The first-order valence-corrected chi connectivity index (χ1v) is 5.23. The van der Waals surface area contributed by atoms with Crippen LogP contribution in [0.15, 0.2) is 16.0 Å². The number of H-pyrrole nitrogens is 1. The molecular formula is C8H12N4O2S. The summed E-state index contributed by atoms with van der Waals surface area (Å²) in [5.74, 6) is -0.278. The fraction of sp³-hybridized carbons (Fsp3) is 0.375. The van der Waals surface area contributed by atoms with Gasteiger partial charge in [0, 0.05) is 17.5 Å². The van der Waals surface area contributed by atoms with Crippen LogP contribution < -0.4 is 17.0 Å². The molecule has 1 aromatic heterocycles. The third-order valence-corrected chi connectivity index (χ3v) is 2.61. The highest BCUT2D eigenvalue weighted by Gasteiger charge is 2.10. The molecule has 15 heavy (non-hydrogen) atoms. The van der Waals surface area contributed by atoms with Crippen molar-refractivity contribution in [1.82, 2.24) is 9.97 Å². The van der Waals surface area contributed by atoms with Crippen LogP contribution in [0.2, 0.25) is 0 Å². The Hall–Kier alpha value is -1.34. The van der Waals surface area contributed by atoms with E-state index in [-0.39, 0.29) is 5.56 Å². The number of aromatic amines is 1. The number of hydrogen-bond acceptors (Lipinski definition) is 5. The number of thioether (sulfide) groups is 1. The fourth-order valence-corrected chi connectivity index (χ4v) is 1.75. The second kappa shape index (κ2) is 4.94. The monoisotopic (exact) mass is 228 g/mol. The summed E-state index contributed by atoms with van der Waals surface area (Å²) in [4.78, 5) is 28.3. The fourth-order valence-electron chi connectivity index (χ4n) is 0.871. The average Bonchev–Trinajstić information content (AvgIpc) is 2.12. The zero-order chi connectivity index (χ0) is 11.4. The normalized spacial score (nSPS) is 12.4. The summed E-state index contributed by atoms with van der Waals surface area (Å²) >= 11 is 1.19. The highest BCUT2D eigenvalue weighted by molar-refractivity contribution is 7.99. The van der Waals surface area contributed by atoms with Gasteiger partial charge in [-0.25, -0.2) is 4.98 Å². The van der Waals surface area contributed by atoms with Gasteiger partial charge >= 0.3 is 0 Å². The molecule has 0 fully saturated rings. The number of rotatable bonds is 4. The van der Waals surface area contributed by atoms with Gasteiger partial charge in [0.1, 0.15) is 0 Å². The van der Waals surface area contributed by atoms with Gasteiger partial charge in [-0.05, 0) is 6.92 Å². The Morgan fingerprint density at radius 3 is 2.93 bits per heavy atom. The Kier molecular flexibility index (Phi) is 3.87. The van der Waals surface area contributed by atoms with E-state index >= 15 is 0 Å². The second-order valence-corrected chi connectivity index (χ2v) is 4.02. The number of carbonyl (C=O) groups is 1. The molecular weight excluding hydrogens is 216 g/mol. The molecule has 0 bridgehead atoms. The molecule has 1 heterocycles. The highest BCUT2D eigenvalue weighted by Crippen LogP contribution is 2.11. The molecule has 5 N–H and O–H groups in total. The summed E-state index contributed by atoms with van der Waals surface area (Å²) < 4.78 is 0. The van der Waals surface area contributed by atoms with Crippen LogP contribution in [0.5, 0.6) is 0 Å². The van der Waals surface area contributed by atoms with E-state index in [4.69, 9.17) is 11.5 Å². The number of aryl methyl sites for hydroxylation is 1. The Balaban J connectivity index is 2.65. The van der Waals surface area contributed by atoms with E-state index in [0.29, 0.717) is 16.6 Å². The van der Waals surface area contributed by atoms with Gasteiger partial charge in [0.2, 0.25) is 5.91 Å². The van der Waals surface area contributed by atoms with E-state index in [0.717, 1.165) is 0 Å². The van der Waals surface area contributed by atoms with Crippen molar-refractivity contribution in [3.63, 3.8) is 0 Å². The van der Waals surface area contributed by atoms with Crippen LogP contribution in [-0.2, 0) is 4.79 Å². The van der Waals surface area contributed by atoms with E-state index in [1.165, 1.54) is 17.8 Å². The van der Waals surface area contributed by atoms with Crippen LogP contribution in [0.4, 0.5) is 0 Å².